The fourth-order valence-electron chi connectivity index (χ4n) is 3.92. The molecule has 7 heteroatoms. The Kier molecular flexibility index (Phi) is 4.67. The predicted octanol–water partition coefficient (Wildman–Crippen LogP) is 3.21. The Bertz CT molecular complexity index is 1570. The average Bonchev–Trinajstić information content (AvgIpc) is 3.25. The van der Waals surface area contributed by atoms with Gasteiger partial charge in [-0.1, -0.05) is 23.4 Å². The number of aromatic nitrogens is 2. The van der Waals surface area contributed by atoms with Crippen LogP contribution in [0, 0.1) is 0 Å². The molecule has 2 aromatic carbocycles. The van der Waals surface area contributed by atoms with E-state index in [1.165, 1.54) is 6.26 Å². The Morgan fingerprint density at radius 1 is 1.09 bits per heavy atom. The first-order valence-corrected chi connectivity index (χ1v) is 12.2. The van der Waals surface area contributed by atoms with Gasteiger partial charge < -0.3 is 9.42 Å². The highest BCUT2D eigenvalue weighted by molar-refractivity contribution is 7.91. The maximum atomic E-state index is 12.5. The highest BCUT2D eigenvalue weighted by atomic mass is 32.2. The van der Waals surface area contributed by atoms with Crippen molar-refractivity contribution in [2.45, 2.75) is 18.6 Å². The monoisotopic (exact) mass is 445 g/mol. The molecule has 3 heterocycles. The zero-order valence-corrected chi connectivity index (χ0v) is 18.9. The maximum Gasteiger partial charge on any atom is 0.166 e. The SMILES string of the molecule is CC(C)(c1cc(-c2cccc(N3C=c4cnoc4=CC3)c2)c2ncccc2c1)S(C)(=O)=O. The number of nitrogens with zero attached hydrogens (tertiary/aromatic N) is 3. The van der Waals surface area contributed by atoms with Crippen LogP contribution in [0.4, 0.5) is 5.69 Å². The molecule has 1 aliphatic heterocycles. The Labute approximate surface area is 186 Å². The Morgan fingerprint density at radius 3 is 2.75 bits per heavy atom. The lowest BCUT2D eigenvalue weighted by Gasteiger charge is -2.25. The van der Waals surface area contributed by atoms with Crippen molar-refractivity contribution in [3.8, 4) is 11.1 Å². The molecule has 1 aliphatic rings. The highest BCUT2D eigenvalue weighted by Gasteiger charge is 2.33. The van der Waals surface area contributed by atoms with Crippen LogP contribution in [0.5, 0.6) is 0 Å². The second kappa shape index (κ2) is 7.31. The van der Waals surface area contributed by atoms with Gasteiger partial charge in [0.25, 0.3) is 0 Å². The van der Waals surface area contributed by atoms with Crippen LogP contribution in [0.1, 0.15) is 19.4 Å². The third-order valence-corrected chi connectivity index (χ3v) is 8.30. The van der Waals surface area contributed by atoms with Gasteiger partial charge in [0.1, 0.15) is 0 Å². The molecule has 0 bridgehead atoms. The van der Waals surface area contributed by atoms with Gasteiger partial charge >= 0.3 is 0 Å². The lowest BCUT2D eigenvalue weighted by Crippen LogP contribution is -2.32. The van der Waals surface area contributed by atoms with Crippen LogP contribution in [0.2, 0.25) is 0 Å². The number of hydrogen-bond donors (Lipinski definition) is 0. The molecule has 0 amide bonds. The molecule has 0 atom stereocenters. The molecule has 0 unspecified atom stereocenters. The quantitative estimate of drug-likeness (QED) is 0.480. The number of benzene rings is 2. The lowest BCUT2D eigenvalue weighted by atomic mass is 9.93. The van der Waals surface area contributed by atoms with Crippen LogP contribution < -0.4 is 15.5 Å². The molecule has 0 radical (unpaired) electrons. The summed E-state index contributed by atoms with van der Waals surface area (Å²) in [4.78, 5) is 6.74. The van der Waals surface area contributed by atoms with Crippen LogP contribution in [0.3, 0.4) is 0 Å². The molecular weight excluding hydrogens is 422 g/mol. The van der Waals surface area contributed by atoms with E-state index in [4.69, 9.17) is 4.52 Å². The van der Waals surface area contributed by atoms with Crippen LogP contribution in [-0.2, 0) is 14.6 Å². The number of anilines is 1. The molecule has 0 saturated carbocycles. The molecule has 4 aromatic rings. The van der Waals surface area contributed by atoms with Crippen LogP contribution in [0.15, 0.2) is 65.4 Å². The van der Waals surface area contributed by atoms with E-state index in [2.05, 4.69) is 21.1 Å². The van der Waals surface area contributed by atoms with E-state index in [0.29, 0.717) is 6.54 Å². The fraction of sp³-hybridized carbons (Fsp3) is 0.200. The summed E-state index contributed by atoms with van der Waals surface area (Å²) in [5.74, 6) is 0. The minimum absolute atomic E-state index is 0.672. The third-order valence-electron chi connectivity index (χ3n) is 6.21. The molecule has 0 saturated heterocycles. The minimum atomic E-state index is -3.32. The third kappa shape index (κ3) is 3.39. The van der Waals surface area contributed by atoms with Crippen LogP contribution in [-0.4, -0.2) is 31.4 Å². The normalized spacial score (nSPS) is 14.0. The summed E-state index contributed by atoms with van der Waals surface area (Å²) in [7, 11) is -3.32. The number of sulfone groups is 1. The van der Waals surface area contributed by atoms with Crippen molar-refractivity contribution in [2.24, 2.45) is 0 Å². The predicted molar refractivity (Wildman–Crippen MR) is 127 cm³/mol. The molecule has 32 heavy (non-hydrogen) atoms. The molecule has 5 rings (SSSR count). The number of pyridine rings is 1. The molecule has 2 aromatic heterocycles. The van der Waals surface area contributed by atoms with E-state index in [0.717, 1.165) is 43.9 Å². The van der Waals surface area contributed by atoms with Gasteiger partial charge in [-0.25, -0.2) is 8.42 Å². The van der Waals surface area contributed by atoms with Gasteiger partial charge in [-0.2, -0.15) is 0 Å². The summed E-state index contributed by atoms with van der Waals surface area (Å²) in [5.41, 5.74) is 5.26. The topological polar surface area (TPSA) is 76.3 Å². The maximum absolute atomic E-state index is 12.5. The van der Waals surface area contributed by atoms with Gasteiger partial charge in [-0.05, 0) is 61.4 Å². The largest absolute Gasteiger partial charge is 0.357 e. The second-order valence-electron chi connectivity index (χ2n) is 8.56. The van der Waals surface area contributed by atoms with Crippen molar-refractivity contribution in [2.75, 3.05) is 17.7 Å². The second-order valence-corrected chi connectivity index (χ2v) is 11.1. The van der Waals surface area contributed by atoms with Crippen molar-refractivity contribution in [3.05, 3.63) is 77.1 Å². The van der Waals surface area contributed by atoms with Gasteiger partial charge in [0.05, 0.1) is 21.7 Å². The average molecular weight is 446 g/mol. The Hall–Kier alpha value is -3.45. The zero-order chi connectivity index (χ0) is 22.5. The molecule has 0 spiro atoms. The summed E-state index contributed by atoms with van der Waals surface area (Å²) in [6, 6.07) is 15.9. The van der Waals surface area contributed by atoms with E-state index in [-0.39, 0.29) is 0 Å². The highest BCUT2D eigenvalue weighted by Crippen LogP contribution is 2.37. The summed E-state index contributed by atoms with van der Waals surface area (Å²) < 4.78 is 29.3. The minimum Gasteiger partial charge on any atom is -0.357 e. The first-order chi connectivity index (χ1) is 15.2. The lowest BCUT2D eigenvalue weighted by molar-refractivity contribution is 0.393. The standard InChI is InChI=1S/C25H23N3O3S/c1-25(2,32(3,29)30)20-12-18-7-5-10-26-24(18)22(14-20)17-6-4-8-21(13-17)28-11-9-23-19(16-28)15-27-31-23/h4-10,12-16H,11H2,1-3H3. The van der Waals surface area contributed by atoms with Crippen LogP contribution >= 0.6 is 0 Å². The number of rotatable bonds is 4. The molecular formula is C25H23N3O3S. The van der Waals surface area contributed by atoms with Crippen LogP contribution in [0.25, 0.3) is 34.3 Å². The Morgan fingerprint density at radius 2 is 1.94 bits per heavy atom. The fourth-order valence-corrected chi connectivity index (χ4v) is 4.46. The van der Waals surface area contributed by atoms with Gasteiger partial charge in [0, 0.05) is 41.8 Å². The first-order valence-electron chi connectivity index (χ1n) is 10.3. The summed E-state index contributed by atoms with van der Waals surface area (Å²) in [5, 5.41) is 5.71. The van der Waals surface area contributed by atoms with E-state index in [1.54, 1.807) is 26.2 Å². The summed E-state index contributed by atoms with van der Waals surface area (Å²) >= 11 is 0. The summed E-state index contributed by atoms with van der Waals surface area (Å²) in [6.45, 7) is 4.16. The number of fused-ring (bicyclic) bond motifs is 2. The van der Waals surface area contributed by atoms with Gasteiger partial charge in [0.2, 0.25) is 0 Å². The van der Waals surface area contributed by atoms with E-state index in [9.17, 15) is 8.42 Å². The number of hydrogen-bond acceptors (Lipinski definition) is 6. The summed E-state index contributed by atoms with van der Waals surface area (Å²) in [6.07, 6.45) is 8.77. The Balaban J connectivity index is 1.68. The van der Waals surface area contributed by atoms with Crippen molar-refractivity contribution in [1.29, 1.82) is 0 Å². The smallest absolute Gasteiger partial charge is 0.166 e. The molecule has 6 nitrogen and oxygen atoms in total. The van der Waals surface area contributed by atoms with E-state index in [1.807, 2.05) is 54.7 Å². The van der Waals surface area contributed by atoms with Gasteiger partial charge in [0.15, 0.2) is 15.3 Å². The van der Waals surface area contributed by atoms with Crippen molar-refractivity contribution < 1.29 is 12.9 Å². The molecule has 0 fully saturated rings. The van der Waals surface area contributed by atoms with Gasteiger partial charge in [-0.15, -0.1) is 0 Å². The first kappa shape index (κ1) is 20.5. The van der Waals surface area contributed by atoms with E-state index < -0.39 is 14.6 Å². The van der Waals surface area contributed by atoms with Crippen molar-refractivity contribution in [1.82, 2.24) is 10.1 Å². The van der Waals surface area contributed by atoms with Crippen molar-refractivity contribution >= 4 is 38.7 Å². The molecule has 0 aliphatic carbocycles. The zero-order valence-electron chi connectivity index (χ0n) is 18.1. The molecule has 0 N–H and O–H groups in total. The van der Waals surface area contributed by atoms with E-state index >= 15 is 0 Å². The van der Waals surface area contributed by atoms with Crippen molar-refractivity contribution in [3.63, 3.8) is 0 Å². The molecule has 162 valence electrons. The van der Waals surface area contributed by atoms with Gasteiger partial charge in [-0.3, -0.25) is 4.98 Å².